The fourth-order valence-electron chi connectivity index (χ4n) is 3.71. The number of rotatable bonds is 5. The van der Waals surface area contributed by atoms with Crippen molar-refractivity contribution in [1.29, 1.82) is 0 Å². The Hall–Kier alpha value is -3.22. The van der Waals surface area contributed by atoms with E-state index in [4.69, 9.17) is 4.74 Å². The van der Waals surface area contributed by atoms with Gasteiger partial charge in [0.2, 0.25) is 0 Å². The van der Waals surface area contributed by atoms with Crippen LogP contribution in [0.25, 0.3) is 32.9 Å². The molecule has 0 N–H and O–H groups in total. The van der Waals surface area contributed by atoms with Crippen LogP contribution in [0.2, 0.25) is 0 Å². The zero-order valence-electron chi connectivity index (χ0n) is 16.9. The van der Waals surface area contributed by atoms with Crippen molar-refractivity contribution in [3.63, 3.8) is 0 Å². The van der Waals surface area contributed by atoms with Crippen molar-refractivity contribution < 1.29 is 13.9 Å². The number of ether oxygens (including phenoxy) is 1. The first kappa shape index (κ1) is 19.1. The molecule has 0 saturated carbocycles. The van der Waals surface area contributed by atoms with Crippen LogP contribution in [0.5, 0.6) is 0 Å². The summed E-state index contributed by atoms with van der Waals surface area (Å²) in [5, 5.41) is 10.5. The van der Waals surface area contributed by atoms with Crippen molar-refractivity contribution in [2.24, 2.45) is 7.05 Å². The topological polar surface area (TPSA) is 61.9 Å². The van der Waals surface area contributed by atoms with E-state index in [2.05, 4.69) is 10.2 Å². The Labute approximate surface area is 167 Å². The molecular formula is C22H23FN4O2. The van der Waals surface area contributed by atoms with Gasteiger partial charge in [0.1, 0.15) is 12.4 Å². The van der Waals surface area contributed by atoms with Crippen LogP contribution in [0.4, 0.5) is 4.39 Å². The second-order valence-corrected chi connectivity index (χ2v) is 7.36. The van der Waals surface area contributed by atoms with Gasteiger partial charge in [-0.3, -0.25) is 14.2 Å². The maximum absolute atomic E-state index is 15.1. The van der Waals surface area contributed by atoms with Crippen LogP contribution in [0.3, 0.4) is 0 Å². The summed E-state index contributed by atoms with van der Waals surface area (Å²) in [6.07, 6.45) is 1.65. The van der Waals surface area contributed by atoms with Crippen molar-refractivity contribution in [3.05, 3.63) is 48.0 Å². The first-order valence-corrected chi connectivity index (χ1v) is 9.67. The quantitative estimate of drug-likeness (QED) is 0.470. The molecule has 4 rings (SSSR count). The molecule has 0 atom stereocenters. The van der Waals surface area contributed by atoms with E-state index in [-0.39, 0.29) is 24.2 Å². The molecule has 0 spiro atoms. The predicted molar refractivity (Wildman–Crippen MR) is 110 cm³/mol. The summed E-state index contributed by atoms with van der Waals surface area (Å²) in [7, 11) is 1.83. The van der Waals surface area contributed by atoms with Gasteiger partial charge < -0.3 is 4.74 Å². The first-order chi connectivity index (χ1) is 13.9. The summed E-state index contributed by atoms with van der Waals surface area (Å²) in [5.74, 6) is -0.559. The summed E-state index contributed by atoms with van der Waals surface area (Å²) in [6, 6.07) is 8.98. The molecule has 150 valence electrons. The highest BCUT2D eigenvalue weighted by Crippen LogP contribution is 2.37. The average molecular weight is 394 g/mol. The third kappa shape index (κ3) is 3.26. The van der Waals surface area contributed by atoms with Gasteiger partial charge in [-0.2, -0.15) is 10.2 Å². The second-order valence-electron chi connectivity index (χ2n) is 7.36. The highest BCUT2D eigenvalue weighted by Gasteiger charge is 2.21. The average Bonchev–Trinajstić information content (AvgIpc) is 3.22. The molecule has 6 nitrogen and oxygen atoms in total. The largest absolute Gasteiger partial charge is 0.465 e. The molecule has 2 aromatic carbocycles. The van der Waals surface area contributed by atoms with Gasteiger partial charge in [-0.15, -0.1) is 0 Å². The Balaban J connectivity index is 1.96. The standard InChI is InChI=1S/C22H23FN4O2/c1-5-29-20(28)12-27-18-8-6-7-15(21(18)22(25-27)13(2)3)16-10-19-14(9-17(16)23)11-24-26(19)4/h6-11,13H,5,12H2,1-4H3. The van der Waals surface area contributed by atoms with Crippen LogP contribution in [0.15, 0.2) is 36.5 Å². The molecule has 7 heteroatoms. The van der Waals surface area contributed by atoms with E-state index in [0.29, 0.717) is 12.2 Å². The molecule has 2 heterocycles. The van der Waals surface area contributed by atoms with E-state index in [1.165, 1.54) is 6.07 Å². The lowest BCUT2D eigenvalue weighted by molar-refractivity contribution is -0.143. The number of hydrogen-bond donors (Lipinski definition) is 0. The van der Waals surface area contributed by atoms with Crippen LogP contribution in [-0.4, -0.2) is 32.1 Å². The fourth-order valence-corrected chi connectivity index (χ4v) is 3.71. The number of fused-ring (bicyclic) bond motifs is 2. The van der Waals surface area contributed by atoms with Gasteiger partial charge in [0, 0.05) is 23.4 Å². The minimum atomic E-state index is -0.347. The lowest BCUT2D eigenvalue weighted by atomic mass is 9.95. The number of carbonyl (C=O) groups is 1. The maximum Gasteiger partial charge on any atom is 0.327 e. The molecule has 0 amide bonds. The molecular weight excluding hydrogens is 371 g/mol. The zero-order chi connectivity index (χ0) is 20.7. The number of halogens is 1. The van der Waals surface area contributed by atoms with Crippen molar-refractivity contribution in [1.82, 2.24) is 19.6 Å². The molecule has 0 saturated heterocycles. The minimum absolute atomic E-state index is 0.0176. The third-order valence-electron chi connectivity index (χ3n) is 5.06. The molecule has 0 radical (unpaired) electrons. The highest BCUT2D eigenvalue weighted by molar-refractivity contribution is 5.99. The van der Waals surface area contributed by atoms with Crippen molar-refractivity contribution in [2.75, 3.05) is 6.61 Å². The van der Waals surface area contributed by atoms with Crippen LogP contribution >= 0.6 is 0 Å². The van der Waals surface area contributed by atoms with E-state index >= 15 is 4.39 Å². The number of nitrogens with zero attached hydrogens (tertiary/aromatic N) is 4. The highest BCUT2D eigenvalue weighted by atomic mass is 19.1. The molecule has 0 bridgehead atoms. The molecule has 4 aromatic rings. The van der Waals surface area contributed by atoms with Gasteiger partial charge in [0.05, 0.1) is 29.5 Å². The Morgan fingerprint density at radius 3 is 2.72 bits per heavy atom. The summed E-state index contributed by atoms with van der Waals surface area (Å²) < 4.78 is 23.5. The van der Waals surface area contributed by atoms with Gasteiger partial charge in [-0.1, -0.05) is 26.0 Å². The van der Waals surface area contributed by atoms with Crippen LogP contribution < -0.4 is 0 Å². The Morgan fingerprint density at radius 2 is 2.00 bits per heavy atom. The van der Waals surface area contributed by atoms with E-state index < -0.39 is 0 Å². The summed E-state index contributed by atoms with van der Waals surface area (Å²) in [6.45, 7) is 6.18. The van der Waals surface area contributed by atoms with Gasteiger partial charge in [-0.25, -0.2) is 4.39 Å². The Bertz CT molecular complexity index is 1220. The Morgan fingerprint density at radius 1 is 1.21 bits per heavy atom. The SMILES string of the molecule is CCOC(=O)Cn1nc(C(C)C)c2c(-c3cc4c(cnn4C)cc3F)cccc21. The zero-order valence-corrected chi connectivity index (χ0v) is 16.9. The fraction of sp³-hybridized carbons (Fsp3) is 0.318. The second kappa shape index (κ2) is 7.31. The predicted octanol–water partition coefficient (Wildman–Crippen LogP) is 4.42. The van der Waals surface area contributed by atoms with Gasteiger partial charge in [-0.05, 0) is 36.6 Å². The van der Waals surface area contributed by atoms with Crippen molar-refractivity contribution >= 4 is 27.8 Å². The third-order valence-corrected chi connectivity index (χ3v) is 5.06. The van der Waals surface area contributed by atoms with Gasteiger partial charge in [0.25, 0.3) is 0 Å². The molecule has 2 aromatic heterocycles. The normalized spacial score (nSPS) is 11.7. The van der Waals surface area contributed by atoms with E-state index in [9.17, 15) is 4.79 Å². The Kier molecular flexibility index (Phi) is 4.82. The summed E-state index contributed by atoms with van der Waals surface area (Å²) >= 11 is 0. The summed E-state index contributed by atoms with van der Waals surface area (Å²) in [5.41, 5.74) is 3.70. The molecule has 0 aliphatic carbocycles. The minimum Gasteiger partial charge on any atom is -0.465 e. The van der Waals surface area contributed by atoms with Crippen LogP contribution in [0.1, 0.15) is 32.4 Å². The number of benzene rings is 2. The molecule has 29 heavy (non-hydrogen) atoms. The van der Waals surface area contributed by atoms with Gasteiger partial charge >= 0.3 is 5.97 Å². The molecule has 0 unspecified atom stereocenters. The van der Waals surface area contributed by atoms with Crippen molar-refractivity contribution in [3.8, 4) is 11.1 Å². The van der Waals surface area contributed by atoms with E-state index in [1.807, 2.05) is 45.2 Å². The van der Waals surface area contributed by atoms with Gasteiger partial charge in [0.15, 0.2) is 0 Å². The molecule has 0 fully saturated rings. The lowest BCUT2D eigenvalue weighted by Crippen LogP contribution is -2.14. The first-order valence-electron chi connectivity index (χ1n) is 9.67. The number of carbonyl (C=O) groups excluding carboxylic acids is 1. The lowest BCUT2D eigenvalue weighted by Gasteiger charge is -2.09. The number of esters is 1. The number of aryl methyl sites for hydroxylation is 1. The maximum atomic E-state index is 15.1. The monoisotopic (exact) mass is 394 g/mol. The number of aromatic nitrogens is 4. The molecule has 0 aliphatic rings. The van der Waals surface area contributed by atoms with Crippen LogP contribution in [-0.2, 0) is 23.1 Å². The number of hydrogen-bond acceptors (Lipinski definition) is 4. The molecule has 0 aliphatic heterocycles. The summed E-state index contributed by atoms with van der Waals surface area (Å²) in [4.78, 5) is 12.0. The van der Waals surface area contributed by atoms with E-state index in [1.54, 1.807) is 22.5 Å². The smallest absolute Gasteiger partial charge is 0.327 e. The van der Waals surface area contributed by atoms with E-state index in [0.717, 1.165) is 33.1 Å². The van der Waals surface area contributed by atoms with Crippen molar-refractivity contribution in [2.45, 2.75) is 33.2 Å². The van der Waals surface area contributed by atoms with Crippen LogP contribution in [0, 0.1) is 5.82 Å².